The number of methoxy groups -OCH3 is 1. The van der Waals surface area contributed by atoms with E-state index in [0.717, 1.165) is 0 Å². The van der Waals surface area contributed by atoms with Gasteiger partial charge in [0.1, 0.15) is 11.6 Å². The Morgan fingerprint density at radius 2 is 2.04 bits per heavy atom. The maximum absolute atomic E-state index is 11.8. The summed E-state index contributed by atoms with van der Waals surface area (Å²) in [5.41, 5.74) is -1.52. The van der Waals surface area contributed by atoms with E-state index in [1.54, 1.807) is 24.3 Å². The summed E-state index contributed by atoms with van der Waals surface area (Å²) < 4.78 is 11.0. The van der Waals surface area contributed by atoms with Crippen molar-refractivity contribution in [2.45, 2.75) is 19.4 Å². The van der Waals surface area contributed by atoms with E-state index in [1.165, 1.54) is 27.0 Å². The number of aromatic amines is 2. The maximum Gasteiger partial charge on any atom is 0.347 e. The van der Waals surface area contributed by atoms with E-state index in [0.29, 0.717) is 11.3 Å². The minimum atomic E-state index is -1.50. The normalized spacial score (nSPS) is 11.2. The Morgan fingerprint density at radius 3 is 2.63 bits per heavy atom. The Kier molecular flexibility index (Phi) is 5.82. The largest absolute Gasteiger partial charge is 0.493 e. The van der Waals surface area contributed by atoms with Gasteiger partial charge in [-0.05, 0) is 44.3 Å². The third kappa shape index (κ3) is 4.43. The molecule has 0 saturated carbocycles. The molecule has 3 N–H and O–H groups in total. The zero-order chi connectivity index (χ0) is 20.2. The van der Waals surface area contributed by atoms with Gasteiger partial charge < -0.3 is 19.6 Å². The molecule has 0 atom stereocenters. The molecule has 0 amide bonds. The van der Waals surface area contributed by atoms with E-state index in [9.17, 15) is 20.0 Å². The van der Waals surface area contributed by atoms with Crippen molar-refractivity contribution in [3.63, 3.8) is 0 Å². The van der Waals surface area contributed by atoms with Crippen LogP contribution in [-0.2, 0) is 4.79 Å². The molecular formula is C18H17N3O5S. The molecule has 0 radical (unpaired) electrons. The molecule has 0 bridgehead atoms. The van der Waals surface area contributed by atoms with Crippen LogP contribution in [0, 0.1) is 16.1 Å². The van der Waals surface area contributed by atoms with Crippen molar-refractivity contribution in [2.75, 3.05) is 7.11 Å². The number of carbonyl (C=O) groups is 1. The number of para-hydroxylation sites is 1. The number of hydrogen-bond acceptors (Lipinski definition) is 6. The van der Waals surface area contributed by atoms with Gasteiger partial charge in [0.05, 0.1) is 12.8 Å². The second-order valence-corrected chi connectivity index (χ2v) is 6.35. The number of ether oxygens (including phenoxy) is 2. The molecule has 27 heavy (non-hydrogen) atoms. The van der Waals surface area contributed by atoms with E-state index >= 15 is 0 Å². The van der Waals surface area contributed by atoms with Crippen LogP contribution in [0.2, 0.25) is 0 Å². The molecule has 9 heteroatoms. The fourth-order valence-corrected chi connectivity index (χ4v) is 2.35. The van der Waals surface area contributed by atoms with Crippen LogP contribution in [0.1, 0.15) is 30.7 Å². The predicted molar refractivity (Wildman–Crippen MR) is 101 cm³/mol. The van der Waals surface area contributed by atoms with Gasteiger partial charge in [0.15, 0.2) is 21.9 Å². The highest BCUT2D eigenvalue weighted by Gasteiger charge is 2.31. The van der Waals surface area contributed by atoms with Crippen LogP contribution in [0.3, 0.4) is 0 Å². The van der Waals surface area contributed by atoms with Crippen LogP contribution in [0.5, 0.6) is 11.5 Å². The molecule has 1 aromatic carbocycles. The van der Waals surface area contributed by atoms with Crippen LogP contribution < -0.4 is 15.0 Å². The number of nitrogens with zero attached hydrogens (tertiary/aromatic N) is 1. The third-order valence-electron chi connectivity index (χ3n) is 3.61. The standard InChI is InChI=1S/C18H17N3O5S/c1-18(2,16(23)24)26-14-10(5-4-6-13(14)25-3)7-8-12-11(9-19)15(22)21-17(27)20-12/h4-8H,1-3H3,(H,23,24)(H2,20,21,22,27). The molecule has 0 aliphatic rings. The first-order valence-corrected chi connectivity index (χ1v) is 8.14. The Balaban J connectivity index is 2.57. The summed E-state index contributed by atoms with van der Waals surface area (Å²) in [5.74, 6) is -0.592. The third-order valence-corrected chi connectivity index (χ3v) is 3.82. The molecule has 0 saturated heterocycles. The molecular weight excluding hydrogens is 370 g/mol. The van der Waals surface area contributed by atoms with Gasteiger partial charge in [0.2, 0.25) is 0 Å². The number of carboxylic acids is 1. The van der Waals surface area contributed by atoms with Crippen LogP contribution >= 0.6 is 12.2 Å². The lowest BCUT2D eigenvalue weighted by molar-refractivity contribution is -0.152. The number of aliphatic carboxylic acids is 1. The van der Waals surface area contributed by atoms with Crippen molar-refractivity contribution in [3.8, 4) is 17.6 Å². The summed E-state index contributed by atoms with van der Waals surface area (Å²) in [4.78, 5) is 28.3. The van der Waals surface area contributed by atoms with Gasteiger partial charge in [-0.3, -0.25) is 9.78 Å². The molecule has 0 spiro atoms. The summed E-state index contributed by atoms with van der Waals surface area (Å²) in [6.45, 7) is 2.83. The number of aromatic nitrogens is 2. The van der Waals surface area contributed by atoms with Crippen LogP contribution in [0.25, 0.3) is 12.2 Å². The van der Waals surface area contributed by atoms with Gasteiger partial charge in [-0.1, -0.05) is 12.1 Å². The number of nitriles is 1. The van der Waals surface area contributed by atoms with Gasteiger partial charge >= 0.3 is 5.97 Å². The monoisotopic (exact) mass is 387 g/mol. The molecule has 0 aliphatic carbocycles. The molecule has 2 aromatic rings. The highest BCUT2D eigenvalue weighted by atomic mass is 32.1. The van der Waals surface area contributed by atoms with Crippen molar-refractivity contribution in [1.29, 1.82) is 5.26 Å². The topological polar surface area (TPSA) is 128 Å². The first-order chi connectivity index (χ1) is 12.7. The lowest BCUT2D eigenvalue weighted by atomic mass is 10.1. The number of H-pyrrole nitrogens is 2. The fraction of sp³-hybridized carbons (Fsp3) is 0.222. The summed E-state index contributed by atoms with van der Waals surface area (Å²) in [5, 5.41) is 18.5. The van der Waals surface area contributed by atoms with E-state index in [2.05, 4.69) is 9.97 Å². The van der Waals surface area contributed by atoms with Gasteiger partial charge in [0.25, 0.3) is 5.56 Å². The quantitative estimate of drug-likeness (QED) is 0.650. The number of benzene rings is 1. The van der Waals surface area contributed by atoms with E-state index in [4.69, 9.17) is 21.7 Å². The second-order valence-electron chi connectivity index (χ2n) is 5.94. The predicted octanol–water partition coefficient (Wildman–Crippen LogP) is 2.73. The number of rotatable bonds is 6. The van der Waals surface area contributed by atoms with Gasteiger partial charge in [-0.2, -0.15) is 5.26 Å². The molecule has 0 unspecified atom stereocenters. The molecule has 1 aromatic heterocycles. The minimum absolute atomic E-state index is 0.0766. The minimum Gasteiger partial charge on any atom is -0.493 e. The zero-order valence-corrected chi connectivity index (χ0v) is 15.6. The highest BCUT2D eigenvalue weighted by molar-refractivity contribution is 7.71. The number of nitrogens with one attached hydrogen (secondary N) is 2. The molecule has 140 valence electrons. The Morgan fingerprint density at radius 1 is 1.33 bits per heavy atom. The number of hydrogen-bond donors (Lipinski definition) is 3. The Hall–Kier alpha value is -3.38. The molecule has 0 fully saturated rings. The van der Waals surface area contributed by atoms with E-state index in [1.807, 2.05) is 6.07 Å². The summed E-state index contributed by atoms with van der Waals surface area (Å²) >= 11 is 4.93. The highest BCUT2D eigenvalue weighted by Crippen LogP contribution is 2.35. The lowest BCUT2D eigenvalue weighted by Crippen LogP contribution is -2.38. The van der Waals surface area contributed by atoms with Crippen molar-refractivity contribution in [2.24, 2.45) is 0 Å². The SMILES string of the molecule is COc1cccc(C=Cc2[nH]c(=S)[nH]c(=O)c2C#N)c1OC(C)(C)C(=O)O. The maximum atomic E-state index is 11.8. The smallest absolute Gasteiger partial charge is 0.347 e. The summed E-state index contributed by atoms with van der Waals surface area (Å²) in [7, 11) is 1.44. The summed E-state index contributed by atoms with van der Waals surface area (Å²) in [6, 6.07) is 6.82. The lowest BCUT2D eigenvalue weighted by Gasteiger charge is -2.24. The van der Waals surface area contributed by atoms with Crippen molar-refractivity contribution in [1.82, 2.24) is 9.97 Å². The van der Waals surface area contributed by atoms with Crippen LogP contribution in [0.15, 0.2) is 23.0 Å². The summed E-state index contributed by atoms with van der Waals surface area (Å²) in [6.07, 6.45) is 3.05. The average Bonchev–Trinajstić information content (AvgIpc) is 2.60. The second kappa shape index (κ2) is 7.88. The van der Waals surface area contributed by atoms with E-state index in [-0.39, 0.29) is 21.8 Å². The average molecular weight is 387 g/mol. The molecule has 2 rings (SSSR count). The van der Waals surface area contributed by atoms with Crippen molar-refractivity contribution < 1.29 is 19.4 Å². The van der Waals surface area contributed by atoms with Gasteiger partial charge in [0, 0.05) is 5.56 Å². The fourth-order valence-electron chi connectivity index (χ4n) is 2.15. The molecule has 1 heterocycles. The first kappa shape index (κ1) is 19.9. The Labute approximate surface area is 159 Å². The van der Waals surface area contributed by atoms with Crippen LogP contribution in [-0.4, -0.2) is 33.8 Å². The van der Waals surface area contributed by atoms with Crippen molar-refractivity contribution in [3.05, 3.63) is 50.1 Å². The zero-order valence-electron chi connectivity index (χ0n) is 14.8. The molecule has 0 aliphatic heterocycles. The van der Waals surface area contributed by atoms with Crippen LogP contribution in [0.4, 0.5) is 0 Å². The van der Waals surface area contributed by atoms with Gasteiger partial charge in [-0.15, -0.1) is 0 Å². The van der Waals surface area contributed by atoms with Crippen molar-refractivity contribution >= 4 is 30.3 Å². The van der Waals surface area contributed by atoms with Gasteiger partial charge in [-0.25, -0.2) is 4.79 Å². The molecule has 8 nitrogen and oxygen atoms in total. The van der Waals surface area contributed by atoms with E-state index < -0.39 is 17.1 Å². The number of carboxylic acid groups (broad SMARTS) is 1. The Bertz CT molecular complexity index is 1060. The first-order valence-electron chi connectivity index (χ1n) is 7.73.